The molecular weight excluding hydrogens is 405 g/mol. The monoisotopic (exact) mass is 428 g/mol. The number of aryl methyl sites for hydroxylation is 1. The molecule has 0 aliphatic heterocycles. The number of nitrogens with zero attached hydrogens (tertiary/aromatic N) is 1. The van der Waals surface area contributed by atoms with Gasteiger partial charge in [-0.05, 0) is 61.2 Å². The first-order valence-electron chi connectivity index (χ1n) is 9.89. The molecule has 4 nitrogen and oxygen atoms in total. The number of nitrogens with one attached hydrogen (secondary N) is 1. The van der Waals surface area contributed by atoms with Crippen LogP contribution in [0.4, 0.5) is 24.7 Å². The number of aliphatic hydroxyl groups is 1. The lowest BCUT2D eigenvalue weighted by Gasteiger charge is -2.14. The highest BCUT2D eigenvalue weighted by Crippen LogP contribution is 2.34. The number of benzene rings is 2. The summed E-state index contributed by atoms with van der Waals surface area (Å²) >= 11 is 0. The van der Waals surface area contributed by atoms with Crippen LogP contribution in [-0.4, -0.2) is 22.5 Å². The van der Waals surface area contributed by atoms with Crippen LogP contribution in [-0.2, 0) is 12.6 Å². The van der Waals surface area contributed by atoms with Crippen LogP contribution in [0.15, 0.2) is 60.8 Å². The van der Waals surface area contributed by atoms with Crippen LogP contribution in [0.2, 0.25) is 0 Å². The lowest BCUT2D eigenvalue weighted by molar-refractivity contribution is -0.138. The second-order valence-corrected chi connectivity index (χ2v) is 7.34. The summed E-state index contributed by atoms with van der Waals surface area (Å²) in [4.78, 5) is 16.4. The molecule has 0 bridgehead atoms. The van der Waals surface area contributed by atoms with Gasteiger partial charge in [0, 0.05) is 30.5 Å². The van der Waals surface area contributed by atoms with Gasteiger partial charge in [0.15, 0.2) is 5.78 Å². The molecule has 0 amide bonds. The Morgan fingerprint density at radius 1 is 1.10 bits per heavy atom. The first-order valence-corrected chi connectivity index (χ1v) is 9.89. The zero-order valence-corrected chi connectivity index (χ0v) is 17.0. The van der Waals surface area contributed by atoms with E-state index in [1.807, 2.05) is 0 Å². The minimum atomic E-state index is -4.42. The van der Waals surface area contributed by atoms with E-state index >= 15 is 0 Å². The number of carbonyl (C=O) groups is 1. The van der Waals surface area contributed by atoms with Crippen molar-refractivity contribution in [3.63, 3.8) is 0 Å². The highest BCUT2D eigenvalue weighted by atomic mass is 19.4. The van der Waals surface area contributed by atoms with Crippen LogP contribution in [0.3, 0.4) is 0 Å². The Morgan fingerprint density at radius 3 is 2.65 bits per heavy atom. The third-order valence-electron chi connectivity index (χ3n) is 4.81. The lowest BCUT2D eigenvalue weighted by atomic mass is 9.98. The van der Waals surface area contributed by atoms with E-state index in [0.717, 1.165) is 6.07 Å². The molecule has 0 saturated carbocycles. The van der Waals surface area contributed by atoms with E-state index in [1.54, 1.807) is 49.4 Å². The first kappa shape index (κ1) is 22.5. The number of aliphatic hydroxyl groups excluding tert-OH is 1. The molecule has 2 N–H and O–H groups in total. The molecule has 31 heavy (non-hydrogen) atoms. The van der Waals surface area contributed by atoms with Crippen molar-refractivity contribution in [1.29, 1.82) is 0 Å². The molecule has 3 aromatic rings. The summed E-state index contributed by atoms with van der Waals surface area (Å²) in [6.45, 7) is 1.59. The van der Waals surface area contributed by atoms with Crippen molar-refractivity contribution in [3.05, 3.63) is 88.6 Å². The molecule has 0 saturated heterocycles. The van der Waals surface area contributed by atoms with Gasteiger partial charge < -0.3 is 10.4 Å². The van der Waals surface area contributed by atoms with Gasteiger partial charge in [-0.3, -0.25) is 4.79 Å². The van der Waals surface area contributed by atoms with E-state index in [1.165, 1.54) is 12.3 Å². The van der Waals surface area contributed by atoms with Crippen molar-refractivity contribution in [2.45, 2.75) is 32.4 Å². The van der Waals surface area contributed by atoms with Crippen LogP contribution >= 0.6 is 0 Å². The van der Waals surface area contributed by atoms with Crippen LogP contribution < -0.4 is 5.32 Å². The van der Waals surface area contributed by atoms with Crippen LogP contribution in [0.1, 0.15) is 45.5 Å². The van der Waals surface area contributed by atoms with Gasteiger partial charge in [0.25, 0.3) is 0 Å². The molecule has 2 aromatic carbocycles. The Morgan fingerprint density at radius 2 is 1.90 bits per heavy atom. The Balaban J connectivity index is 1.79. The second kappa shape index (κ2) is 9.75. The number of hydrogen-bond acceptors (Lipinski definition) is 4. The molecule has 1 aromatic heterocycles. The van der Waals surface area contributed by atoms with Gasteiger partial charge in [-0.2, -0.15) is 13.2 Å². The number of halogens is 3. The molecule has 0 aliphatic rings. The third-order valence-corrected chi connectivity index (χ3v) is 4.81. The molecule has 0 fully saturated rings. The van der Waals surface area contributed by atoms with Gasteiger partial charge in [0.1, 0.15) is 5.82 Å². The molecule has 7 heteroatoms. The second-order valence-electron chi connectivity index (χ2n) is 7.34. The summed E-state index contributed by atoms with van der Waals surface area (Å²) in [6.07, 6.45) is -2.11. The van der Waals surface area contributed by atoms with Crippen molar-refractivity contribution in [3.8, 4) is 0 Å². The van der Waals surface area contributed by atoms with E-state index in [9.17, 15) is 18.0 Å². The highest BCUT2D eigenvalue weighted by Gasteiger charge is 2.33. The standard InChI is InChI=1S/C24H23F3N2O2/c1-16-7-8-18(21(12-16)24(25,26)27)13-17-9-10-28-23(14-17)29-20-5-2-4-19(15-20)22(31)6-3-11-30/h2,4-5,7-10,12,14-15,30H,3,6,11,13H2,1H3,(H,28,29). The number of Topliss-reactive ketones (excluding diaryl/α,β-unsaturated/α-hetero) is 1. The van der Waals surface area contributed by atoms with E-state index < -0.39 is 11.7 Å². The highest BCUT2D eigenvalue weighted by molar-refractivity contribution is 5.97. The number of carbonyl (C=O) groups excluding carboxylic acids is 1. The molecule has 0 unspecified atom stereocenters. The van der Waals surface area contributed by atoms with E-state index in [4.69, 9.17) is 5.11 Å². The van der Waals surface area contributed by atoms with Gasteiger partial charge in [-0.15, -0.1) is 0 Å². The molecule has 162 valence electrons. The number of alkyl halides is 3. The Hall–Kier alpha value is -3.19. The number of ketones is 1. The fourth-order valence-electron chi connectivity index (χ4n) is 3.28. The van der Waals surface area contributed by atoms with Gasteiger partial charge in [-0.25, -0.2) is 4.98 Å². The normalized spacial score (nSPS) is 11.4. The van der Waals surface area contributed by atoms with Gasteiger partial charge in [0.05, 0.1) is 5.56 Å². The predicted octanol–water partition coefficient (Wildman–Crippen LogP) is 5.70. The topological polar surface area (TPSA) is 62.2 Å². The average molecular weight is 428 g/mol. The molecule has 0 radical (unpaired) electrons. The summed E-state index contributed by atoms with van der Waals surface area (Å²) in [6, 6.07) is 14.6. The summed E-state index contributed by atoms with van der Waals surface area (Å²) in [7, 11) is 0. The van der Waals surface area contributed by atoms with E-state index in [2.05, 4.69) is 10.3 Å². The zero-order valence-electron chi connectivity index (χ0n) is 17.0. The smallest absolute Gasteiger partial charge is 0.396 e. The van der Waals surface area contributed by atoms with Crippen molar-refractivity contribution in [2.75, 3.05) is 11.9 Å². The molecule has 3 rings (SSSR count). The third kappa shape index (κ3) is 6.15. The predicted molar refractivity (Wildman–Crippen MR) is 114 cm³/mol. The summed E-state index contributed by atoms with van der Waals surface area (Å²) in [5.41, 5.74) is 1.97. The number of anilines is 2. The van der Waals surface area contributed by atoms with E-state index in [-0.39, 0.29) is 30.8 Å². The van der Waals surface area contributed by atoms with Gasteiger partial charge in [0.2, 0.25) is 0 Å². The van der Waals surface area contributed by atoms with Crippen LogP contribution in [0.25, 0.3) is 0 Å². The lowest BCUT2D eigenvalue weighted by Crippen LogP contribution is -2.10. The van der Waals surface area contributed by atoms with Gasteiger partial charge >= 0.3 is 6.18 Å². The number of pyridine rings is 1. The van der Waals surface area contributed by atoms with E-state index in [0.29, 0.717) is 34.6 Å². The first-order chi connectivity index (χ1) is 14.8. The minimum absolute atomic E-state index is 0.0442. The average Bonchev–Trinajstić information content (AvgIpc) is 2.73. The summed E-state index contributed by atoms with van der Waals surface area (Å²) in [5.74, 6) is 0.400. The Bertz CT molecular complexity index is 1060. The fourth-order valence-corrected chi connectivity index (χ4v) is 3.28. The van der Waals surface area contributed by atoms with Crippen molar-refractivity contribution >= 4 is 17.3 Å². The van der Waals surface area contributed by atoms with Gasteiger partial charge in [-0.1, -0.05) is 29.8 Å². The zero-order chi connectivity index (χ0) is 22.4. The number of hydrogen-bond donors (Lipinski definition) is 2. The molecule has 0 aliphatic carbocycles. The molecule has 1 heterocycles. The minimum Gasteiger partial charge on any atom is -0.396 e. The number of aromatic nitrogens is 1. The van der Waals surface area contributed by atoms with Crippen molar-refractivity contribution in [1.82, 2.24) is 4.98 Å². The van der Waals surface area contributed by atoms with Crippen molar-refractivity contribution in [2.24, 2.45) is 0 Å². The molecule has 0 atom stereocenters. The van der Waals surface area contributed by atoms with Crippen LogP contribution in [0, 0.1) is 6.92 Å². The van der Waals surface area contributed by atoms with Crippen LogP contribution in [0.5, 0.6) is 0 Å². The number of rotatable bonds is 8. The molecular formula is C24H23F3N2O2. The maximum Gasteiger partial charge on any atom is 0.416 e. The molecule has 0 spiro atoms. The maximum absolute atomic E-state index is 13.4. The van der Waals surface area contributed by atoms with Crippen molar-refractivity contribution < 1.29 is 23.1 Å². The summed E-state index contributed by atoms with van der Waals surface area (Å²) in [5, 5.41) is 12.0. The SMILES string of the molecule is Cc1ccc(Cc2ccnc(Nc3cccc(C(=O)CCCO)c3)c2)c(C(F)(F)F)c1. The Kier molecular flexibility index (Phi) is 7.07. The summed E-state index contributed by atoms with van der Waals surface area (Å²) < 4.78 is 40.2. The Labute approximate surface area is 178 Å². The quantitative estimate of drug-likeness (QED) is 0.452. The maximum atomic E-state index is 13.4. The fraction of sp³-hybridized carbons (Fsp3) is 0.250. The largest absolute Gasteiger partial charge is 0.416 e.